The predicted molar refractivity (Wildman–Crippen MR) is 47.5 cm³/mol. The van der Waals surface area contributed by atoms with Crippen LogP contribution in [0.15, 0.2) is 30.5 Å². The van der Waals surface area contributed by atoms with Crippen LogP contribution in [0.2, 0.25) is 0 Å². The van der Waals surface area contributed by atoms with Gasteiger partial charge in [-0.15, -0.1) is 6.42 Å². The zero-order chi connectivity index (χ0) is 8.39. The molecule has 2 aromatic heterocycles. The van der Waals surface area contributed by atoms with Crippen LogP contribution >= 0.6 is 0 Å². The molecule has 0 unspecified atom stereocenters. The lowest BCUT2D eigenvalue weighted by atomic mass is 10.2. The quantitative estimate of drug-likeness (QED) is 0.539. The Morgan fingerprint density at radius 2 is 2.17 bits per heavy atom. The Bertz CT molecular complexity index is 455. The van der Waals surface area contributed by atoms with Crippen LogP contribution in [-0.4, -0.2) is 9.97 Å². The Morgan fingerprint density at radius 1 is 1.25 bits per heavy atom. The Hall–Kier alpha value is -1.88. The van der Waals surface area contributed by atoms with E-state index in [1.165, 1.54) is 0 Å². The van der Waals surface area contributed by atoms with E-state index >= 15 is 0 Å². The van der Waals surface area contributed by atoms with Crippen molar-refractivity contribution in [3.63, 3.8) is 0 Å². The third kappa shape index (κ3) is 1.02. The molecule has 0 aliphatic carbocycles. The van der Waals surface area contributed by atoms with Crippen molar-refractivity contribution in [3.05, 3.63) is 36.2 Å². The molecule has 2 aromatic rings. The van der Waals surface area contributed by atoms with E-state index < -0.39 is 0 Å². The number of fused-ring (bicyclic) bond motifs is 1. The van der Waals surface area contributed by atoms with Crippen LogP contribution in [-0.2, 0) is 0 Å². The van der Waals surface area contributed by atoms with Crippen LogP contribution in [0.5, 0.6) is 0 Å². The van der Waals surface area contributed by atoms with Crippen molar-refractivity contribution >= 4 is 11.0 Å². The number of hydrogen-bond donors (Lipinski definition) is 0. The van der Waals surface area contributed by atoms with Gasteiger partial charge in [-0.2, -0.15) is 0 Å². The number of aromatic nitrogens is 2. The van der Waals surface area contributed by atoms with Crippen molar-refractivity contribution in [3.8, 4) is 12.3 Å². The second-order valence-electron chi connectivity index (χ2n) is 2.39. The van der Waals surface area contributed by atoms with Crippen LogP contribution in [0.1, 0.15) is 5.69 Å². The Kier molecular flexibility index (Phi) is 1.49. The fraction of sp³-hybridized carbons (Fsp3) is 0. The van der Waals surface area contributed by atoms with Gasteiger partial charge >= 0.3 is 0 Å². The molecule has 56 valence electrons. The Labute approximate surface area is 70.3 Å². The van der Waals surface area contributed by atoms with Gasteiger partial charge in [-0.1, -0.05) is 5.92 Å². The summed E-state index contributed by atoms with van der Waals surface area (Å²) in [5.41, 5.74) is 1.33. The van der Waals surface area contributed by atoms with Gasteiger partial charge in [0.15, 0.2) is 5.65 Å². The van der Waals surface area contributed by atoms with Crippen LogP contribution in [0, 0.1) is 12.3 Å². The van der Waals surface area contributed by atoms with Crippen LogP contribution in [0.3, 0.4) is 0 Å². The normalized spacial score (nSPS) is 9.58. The van der Waals surface area contributed by atoms with Crippen molar-refractivity contribution in [1.29, 1.82) is 0 Å². The minimum absolute atomic E-state index is 0.626. The molecule has 12 heavy (non-hydrogen) atoms. The SMILES string of the molecule is C#Cc1ccc2cccnc2n1. The lowest BCUT2D eigenvalue weighted by Gasteiger charge is -1.94. The molecular formula is C10H6N2. The Morgan fingerprint density at radius 3 is 3.00 bits per heavy atom. The first-order valence-corrected chi connectivity index (χ1v) is 3.58. The molecule has 0 fully saturated rings. The molecule has 0 bridgehead atoms. The highest BCUT2D eigenvalue weighted by atomic mass is 14.8. The van der Waals surface area contributed by atoms with E-state index in [0.717, 1.165) is 5.39 Å². The minimum Gasteiger partial charge on any atom is -0.237 e. The lowest BCUT2D eigenvalue weighted by molar-refractivity contribution is 1.26. The van der Waals surface area contributed by atoms with Gasteiger partial charge in [0.05, 0.1) is 0 Å². The van der Waals surface area contributed by atoms with E-state index in [1.807, 2.05) is 24.3 Å². The largest absolute Gasteiger partial charge is 0.237 e. The fourth-order valence-electron chi connectivity index (χ4n) is 1.03. The maximum atomic E-state index is 5.20. The molecule has 0 aliphatic heterocycles. The van der Waals surface area contributed by atoms with E-state index in [1.54, 1.807) is 6.20 Å². The van der Waals surface area contributed by atoms with Crippen molar-refractivity contribution in [2.45, 2.75) is 0 Å². The molecule has 2 heteroatoms. The molecule has 0 aromatic carbocycles. The molecule has 0 saturated carbocycles. The van der Waals surface area contributed by atoms with Gasteiger partial charge in [0.2, 0.25) is 0 Å². The molecule has 2 rings (SSSR count). The molecule has 0 radical (unpaired) electrons. The maximum absolute atomic E-state index is 5.20. The van der Waals surface area contributed by atoms with E-state index in [9.17, 15) is 0 Å². The molecule has 0 N–H and O–H groups in total. The molecule has 2 heterocycles. The maximum Gasteiger partial charge on any atom is 0.160 e. The third-order valence-corrected chi connectivity index (χ3v) is 1.61. The van der Waals surface area contributed by atoms with Crippen molar-refractivity contribution in [1.82, 2.24) is 9.97 Å². The average Bonchev–Trinajstić information content (AvgIpc) is 2.17. The standard InChI is InChI=1S/C10H6N2/c1-2-9-6-5-8-4-3-7-11-10(8)12-9/h1,3-7H. The summed E-state index contributed by atoms with van der Waals surface area (Å²) in [6.45, 7) is 0. The fourth-order valence-corrected chi connectivity index (χ4v) is 1.03. The second-order valence-corrected chi connectivity index (χ2v) is 2.39. The van der Waals surface area contributed by atoms with Gasteiger partial charge in [-0.25, -0.2) is 9.97 Å². The van der Waals surface area contributed by atoms with E-state index in [4.69, 9.17) is 6.42 Å². The molecule has 0 atom stereocenters. The van der Waals surface area contributed by atoms with Gasteiger partial charge in [0.1, 0.15) is 5.69 Å². The first kappa shape index (κ1) is 6.81. The smallest absolute Gasteiger partial charge is 0.160 e. The number of pyridine rings is 2. The van der Waals surface area contributed by atoms with Gasteiger partial charge in [0, 0.05) is 11.6 Å². The van der Waals surface area contributed by atoms with Crippen molar-refractivity contribution in [2.75, 3.05) is 0 Å². The van der Waals surface area contributed by atoms with Crippen LogP contribution < -0.4 is 0 Å². The summed E-state index contributed by atoms with van der Waals surface area (Å²) in [7, 11) is 0. The Balaban J connectivity index is 2.78. The minimum atomic E-state index is 0.626. The van der Waals surface area contributed by atoms with E-state index in [2.05, 4.69) is 15.9 Å². The molecule has 0 spiro atoms. The number of hydrogen-bond acceptors (Lipinski definition) is 2. The van der Waals surface area contributed by atoms with Crippen molar-refractivity contribution < 1.29 is 0 Å². The van der Waals surface area contributed by atoms with E-state index in [0.29, 0.717) is 11.3 Å². The monoisotopic (exact) mass is 154 g/mol. The summed E-state index contributed by atoms with van der Waals surface area (Å²) >= 11 is 0. The van der Waals surface area contributed by atoms with Gasteiger partial charge < -0.3 is 0 Å². The molecule has 2 nitrogen and oxygen atoms in total. The zero-order valence-electron chi connectivity index (χ0n) is 6.36. The first-order valence-electron chi connectivity index (χ1n) is 3.58. The summed E-state index contributed by atoms with van der Waals surface area (Å²) in [5.74, 6) is 2.47. The molecule has 0 amide bonds. The summed E-state index contributed by atoms with van der Waals surface area (Å²) in [6, 6.07) is 7.56. The predicted octanol–water partition coefficient (Wildman–Crippen LogP) is 1.61. The molecular weight excluding hydrogens is 148 g/mol. The highest BCUT2D eigenvalue weighted by Crippen LogP contribution is 2.07. The van der Waals surface area contributed by atoms with Crippen LogP contribution in [0.25, 0.3) is 11.0 Å². The lowest BCUT2D eigenvalue weighted by Crippen LogP contribution is -1.85. The van der Waals surface area contributed by atoms with Gasteiger partial charge in [0.25, 0.3) is 0 Å². The van der Waals surface area contributed by atoms with Crippen LogP contribution in [0.4, 0.5) is 0 Å². The summed E-state index contributed by atoms with van der Waals surface area (Å²) in [5, 5.41) is 1.01. The highest BCUT2D eigenvalue weighted by molar-refractivity contribution is 5.74. The molecule has 0 saturated heterocycles. The summed E-state index contributed by atoms with van der Waals surface area (Å²) < 4.78 is 0. The van der Waals surface area contributed by atoms with Gasteiger partial charge in [-0.3, -0.25) is 0 Å². The zero-order valence-corrected chi connectivity index (χ0v) is 6.36. The van der Waals surface area contributed by atoms with E-state index in [-0.39, 0.29) is 0 Å². The average molecular weight is 154 g/mol. The highest BCUT2D eigenvalue weighted by Gasteiger charge is 1.94. The topological polar surface area (TPSA) is 25.8 Å². The number of terminal acetylenes is 1. The third-order valence-electron chi connectivity index (χ3n) is 1.61. The van der Waals surface area contributed by atoms with Crippen molar-refractivity contribution in [2.24, 2.45) is 0 Å². The molecule has 0 aliphatic rings. The summed E-state index contributed by atoms with van der Waals surface area (Å²) in [4.78, 5) is 8.23. The summed E-state index contributed by atoms with van der Waals surface area (Å²) in [6.07, 6.45) is 6.90. The number of nitrogens with zero attached hydrogens (tertiary/aromatic N) is 2. The number of rotatable bonds is 0. The first-order chi connectivity index (χ1) is 5.90. The van der Waals surface area contributed by atoms with Gasteiger partial charge in [-0.05, 0) is 24.3 Å². The second kappa shape index (κ2) is 2.63.